The van der Waals surface area contributed by atoms with Crippen LogP contribution in [0.15, 0.2) is 60.1 Å². The van der Waals surface area contributed by atoms with E-state index in [-0.39, 0.29) is 24.8 Å². The van der Waals surface area contributed by atoms with Crippen LogP contribution in [-0.2, 0) is 4.79 Å². The van der Waals surface area contributed by atoms with Crippen LogP contribution >= 0.6 is 11.6 Å². The third-order valence-corrected chi connectivity index (χ3v) is 5.83. The van der Waals surface area contributed by atoms with E-state index in [0.29, 0.717) is 22.3 Å². The quantitative estimate of drug-likeness (QED) is 0.511. The minimum atomic E-state index is -0.219. The molecule has 0 spiro atoms. The molecule has 0 radical (unpaired) electrons. The second-order valence-corrected chi connectivity index (χ2v) is 7.93. The van der Waals surface area contributed by atoms with E-state index in [1.54, 1.807) is 26.2 Å². The van der Waals surface area contributed by atoms with Gasteiger partial charge in [0.1, 0.15) is 0 Å². The SMILES string of the molecule is C=C(Cl)CN1C(=O)CC(c2ccc(OC)c(OC)c2OC)c2c1ccc1ccccc21. The van der Waals surface area contributed by atoms with Crippen molar-refractivity contribution >= 4 is 34.0 Å². The van der Waals surface area contributed by atoms with E-state index < -0.39 is 0 Å². The van der Waals surface area contributed by atoms with E-state index in [0.717, 1.165) is 27.6 Å². The molecule has 5 nitrogen and oxygen atoms in total. The molecule has 0 bridgehead atoms. The van der Waals surface area contributed by atoms with Crippen LogP contribution in [-0.4, -0.2) is 33.8 Å². The molecule has 0 fully saturated rings. The molecule has 1 heterocycles. The number of rotatable bonds is 6. The molecule has 1 atom stereocenters. The number of carbonyl (C=O) groups excluding carboxylic acids is 1. The molecule has 0 aromatic heterocycles. The van der Waals surface area contributed by atoms with Gasteiger partial charge in [0.25, 0.3) is 0 Å². The summed E-state index contributed by atoms with van der Waals surface area (Å²) in [6.07, 6.45) is 0.275. The summed E-state index contributed by atoms with van der Waals surface area (Å²) in [4.78, 5) is 14.9. The molecule has 0 N–H and O–H groups in total. The van der Waals surface area contributed by atoms with Crippen LogP contribution in [0, 0.1) is 0 Å². The Morgan fingerprint density at radius 3 is 2.45 bits per heavy atom. The van der Waals surface area contributed by atoms with Gasteiger partial charge in [0.05, 0.1) is 27.9 Å². The lowest BCUT2D eigenvalue weighted by atomic mass is 9.80. The summed E-state index contributed by atoms with van der Waals surface area (Å²) in [5.41, 5.74) is 2.76. The van der Waals surface area contributed by atoms with E-state index in [4.69, 9.17) is 25.8 Å². The zero-order valence-electron chi connectivity index (χ0n) is 17.8. The molecule has 0 aliphatic carbocycles. The lowest BCUT2D eigenvalue weighted by Crippen LogP contribution is -2.38. The average molecular weight is 438 g/mol. The molecule has 3 aromatic rings. The Kier molecular flexibility index (Phi) is 5.79. The fraction of sp³-hybridized carbons (Fsp3) is 0.240. The Morgan fingerprint density at radius 2 is 1.77 bits per heavy atom. The fourth-order valence-electron chi connectivity index (χ4n) is 4.42. The highest BCUT2D eigenvalue weighted by molar-refractivity contribution is 6.30. The minimum Gasteiger partial charge on any atom is -0.493 e. The second-order valence-electron chi connectivity index (χ2n) is 7.40. The lowest BCUT2D eigenvalue weighted by Gasteiger charge is -2.36. The van der Waals surface area contributed by atoms with Gasteiger partial charge in [0.2, 0.25) is 11.7 Å². The molecular weight excluding hydrogens is 414 g/mol. The molecule has 0 saturated carbocycles. The summed E-state index contributed by atoms with van der Waals surface area (Å²) in [7, 11) is 4.76. The van der Waals surface area contributed by atoms with Crippen LogP contribution in [0.1, 0.15) is 23.5 Å². The van der Waals surface area contributed by atoms with Gasteiger partial charge in [-0.2, -0.15) is 0 Å². The third-order valence-electron chi connectivity index (χ3n) is 5.71. The fourth-order valence-corrected chi connectivity index (χ4v) is 4.54. The summed E-state index contributed by atoms with van der Waals surface area (Å²) in [6, 6.07) is 16.0. The summed E-state index contributed by atoms with van der Waals surface area (Å²) in [5.74, 6) is 1.40. The van der Waals surface area contributed by atoms with Crippen molar-refractivity contribution in [1.82, 2.24) is 0 Å². The molecule has 1 aliphatic rings. The Bertz CT molecular complexity index is 1170. The number of hydrogen-bond acceptors (Lipinski definition) is 4. The number of halogens is 1. The first-order valence-corrected chi connectivity index (χ1v) is 10.3. The van der Waals surface area contributed by atoms with Gasteiger partial charge >= 0.3 is 0 Å². The van der Waals surface area contributed by atoms with Crippen molar-refractivity contribution in [3.63, 3.8) is 0 Å². The standard InChI is InChI=1S/C25H24ClNO4/c1-15(26)14-27-20-11-9-16-7-5-6-8-17(16)23(20)19(13-22(27)28)18-10-12-21(29-2)25(31-4)24(18)30-3/h5-12,19H,1,13-14H2,2-4H3. The van der Waals surface area contributed by atoms with Crippen LogP contribution in [0.5, 0.6) is 17.2 Å². The average Bonchev–Trinajstić information content (AvgIpc) is 2.78. The Labute approximate surface area is 186 Å². The summed E-state index contributed by atoms with van der Waals surface area (Å²) >= 11 is 6.10. The first-order chi connectivity index (χ1) is 15.0. The Morgan fingerprint density at radius 1 is 1.03 bits per heavy atom. The van der Waals surface area contributed by atoms with E-state index in [9.17, 15) is 4.79 Å². The zero-order valence-corrected chi connectivity index (χ0v) is 18.5. The summed E-state index contributed by atoms with van der Waals surface area (Å²) < 4.78 is 16.8. The highest BCUT2D eigenvalue weighted by atomic mass is 35.5. The number of ether oxygens (including phenoxy) is 3. The van der Waals surface area contributed by atoms with Gasteiger partial charge in [-0.15, -0.1) is 0 Å². The van der Waals surface area contributed by atoms with Gasteiger partial charge in [-0.05, 0) is 28.5 Å². The van der Waals surface area contributed by atoms with Crippen LogP contribution in [0.2, 0.25) is 0 Å². The first kappa shape index (κ1) is 21.1. The molecule has 0 saturated heterocycles. The summed E-state index contributed by atoms with van der Waals surface area (Å²) in [5, 5.41) is 2.60. The van der Waals surface area contributed by atoms with Crippen LogP contribution in [0.4, 0.5) is 5.69 Å². The van der Waals surface area contributed by atoms with E-state index >= 15 is 0 Å². The summed E-state index contributed by atoms with van der Waals surface area (Å²) in [6.45, 7) is 4.05. The van der Waals surface area contributed by atoms with Gasteiger partial charge in [-0.1, -0.05) is 54.6 Å². The maximum absolute atomic E-state index is 13.2. The number of benzene rings is 3. The number of methoxy groups -OCH3 is 3. The van der Waals surface area contributed by atoms with Crippen molar-refractivity contribution in [2.75, 3.05) is 32.8 Å². The number of anilines is 1. The molecule has 160 valence electrons. The predicted octanol–water partition coefficient (Wildman–Crippen LogP) is 5.49. The molecule has 1 unspecified atom stereocenters. The Hall–Kier alpha value is -3.18. The topological polar surface area (TPSA) is 48.0 Å². The smallest absolute Gasteiger partial charge is 0.228 e. The lowest BCUT2D eigenvalue weighted by molar-refractivity contribution is -0.119. The third kappa shape index (κ3) is 3.59. The molecule has 3 aromatic carbocycles. The molecule has 1 amide bonds. The van der Waals surface area contributed by atoms with Crippen molar-refractivity contribution in [2.24, 2.45) is 0 Å². The Balaban J connectivity index is 2.00. The van der Waals surface area contributed by atoms with Crippen molar-refractivity contribution in [2.45, 2.75) is 12.3 Å². The van der Waals surface area contributed by atoms with Crippen molar-refractivity contribution in [1.29, 1.82) is 0 Å². The van der Waals surface area contributed by atoms with E-state index in [1.807, 2.05) is 36.4 Å². The first-order valence-electron chi connectivity index (χ1n) is 9.94. The minimum absolute atomic E-state index is 0.0218. The largest absolute Gasteiger partial charge is 0.493 e. The molecule has 4 rings (SSSR count). The molecule has 1 aliphatic heterocycles. The normalized spacial score (nSPS) is 15.5. The van der Waals surface area contributed by atoms with E-state index in [1.165, 1.54) is 0 Å². The molecular formula is C25H24ClNO4. The van der Waals surface area contributed by atoms with Gasteiger partial charge in [0.15, 0.2) is 11.5 Å². The number of amides is 1. The van der Waals surface area contributed by atoms with Crippen LogP contribution in [0.3, 0.4) is 0 Å². The number of fused-ring (bicyclic) bond motifs is 3. The molecule has 6 heteroatoms. The van der Waals surface area contributed by atoms with Gasteiger partial charge in [-0.3, -0.25) is 4.79 Å². The number of hydrogen-bond donors (Lipinski definition) is 0. The highest BCUT2D eigenvalue weighted by Gasteiger charge is 2.36. The van der Waals surface area contributed by atoms with Crippen LogP contribution in [0.25, 0.3) is 10.8 Å². The van der Waals surface area contributed by atoms with Gasteiger partial charge in [0, 0.05) is 28.6 Å². The van der Waals surface area contributed by atoms with Gasteiger partial charge in [-0.25, -0.2) is 0 Å². The van der Waals surface area contributed by atoms with Crippen molar-refractivity contribution in [3.8, 4) is 17.2 Å². The van der Waals surface area contributed by atoms with Crippen molar-refractivity contribution in [3.05, 3.63) is 71.3 Å². The maximum atomic E-state index is 13.2. The number of nitrogens with zero attached hydrogens (tertiary/aromatic N) is 1. The van der Waals surface area contributed by atoms with Crippen molar-refractivity contribution < 1.29 is 19.0 Å². The second kappa shape index (κ2) is 8.52. The van der Waals surface area contributed by atoms with Gasteiger partial charge < -0.3 is 19.1 Å². The van der Waals surface area contributed by atoms with E-state index in [2.05, 4.69) is 18.7 Å². The monoisotopic (exact) mass is 437 g/mol. The maximum Gasteiger partial charge on any atom is 0.228 e. The zero-order chi connectivity index (χ0) is 22.1. The van der Waals surface area contributed by atoms with Crippen LogP contribution < -0.4 is 19.1 Å². The highest BCUT2D eigenvalue weighted by Crippen LogP contribution is 2.50. The predicted molar refractivity (Wildman–Crippen MR) is 124 cm³/mol. The number of carbonyl (C=O) groups is 1. The molecule has 31 heavy (non-hydrogen) atoms.